The second kappa shape index (κ2) is 5.51. The third-order valence-corrected chi connectivity index (χ3v) is 5.79. The number of benzene rings is 1. The van der Waals surface area contributed by atoms with E-state index < -0.39 is 15.1 Å². The van der Waals surface area contributed by atoms with Crippen LogP contribution in [-0.4, -0.2) is 32.3 Å². The molecule has 0 radical (unpaired) electrons. The molecule has 0 aliphatic carbocycles. The molecule has 0 saturated carbocycles. The molecule has 0 spiro atoms. The van der Waals surface area contributed by atoms with Crippen molar-refractivity contribution in [3.05, 3.63) is 28.8 Å². The van der Waals surface area contributed by atoms with Gasteiger partial charge in [-0.25, -0.2) is 8.42 Å². The highest BCUT2D eigenvalue weighted by Crippen LogP contribution is 2.28. The fraction of sp³-hybridized carbons (Fsp3) is 0.462. The molecule has 2 rings (SSSR count). The minimum absolute atomic E-state index is 0.0914. The van der Waals surface area contributed by atoms with Gasteiger partial charge in [-0.05, 0) is 31.0 Å². The van der Waals surface area contributed by atoms with Gasteiger partial charge in [0.25, 0.3) is 0 Å². The smallest absolute Gasteiger partial charge is 0.181 e. The number of carbonyl (C=O) groups excluding carboxylic acids is 1. The second-order valence-electron chi connectivity index (χ2n) is 4.56. The predicted molar refractivity (Wildman–Crippen MR) is 73.8 cm³/mol. The van der Waals surface area contributed by atoms with Crippen molar-refractivity contribution in [1.82, 2.24) is 0 Å². The van der Waals surface area contributed by atoms with Crippen LogP contribution in [-0.2, 0) is 9.84 Å². The molecule has 4 nitrogen and oxygen atoms in total. The minimum atomic E-state index is -3.32. The standard InChI is InChI=1S/C13H15ClO4S/c1-18-11-8-9(5-6-10(11)14)13(15)12-4-2-3-7-19(12,16)17/h5-6,8,12H,2-4,7H2,1H3. The molecule has 1 atom stereocenters. The van der Waals surface area contributed by atoms with E-state index in [1.54, 1.807) is 6.07 Å². The van der Waals surface area contributed by atoms with Crippen molar-refractivity contribution in [3.63, 3.8) is 0 Å². The maximum Gasteiger partial charge on any atom is 0.181 e. The minimum Gasteiger partial charge on any atom is -0.495 e. The van der Waals surface area contributed by atoms with E-state index in [0.29, 0.717) is 29.2 Å². The molecule has 1 aliphatic rings. The topological polar surface area (TPSA) is 60.4 Å². The molecule has 1 aromatic carbocycles. The van der Waals surface area contributed by atoms with E-state index in [2.05, 4.69) is 0 Å². The largest absolute Gasteiger partial charge is 0.495 e. The summed E-state index contributed by atoms with van der Waals surface area (Å²) in [4.78, 5) is 12.3. The lowest BCUT2D eigenvalue weighted by molar-refractivity contribution is 0.0981. The molecule has 0 N–H and O–H groups in total. The summed E-state index contributed by atoms with van der Waals surface area (Å²) < 4.78 is 28.9. The van der Waals surface area contributed by atoms with Gasteiger partial charge in [-0.15, -0.1) is 0 Å². The average molecular weight is 303 g/mol. The van der Waals surface area contributed by atoms with E-state index in [0.717, 1.165) is 6.42 Å². The Morgan fingerprint density at radius 2 is 2.11 bits per heavy atom. The molecule has 19 heavy (non-hydrogen) atoms. The van der Waals surface area contributed by atoms with Crippen molar-refractivity contribution < 1.29 is 17.9 Å². The van der Waals surface area contributed by atoms with Crippen molar-refractivity contribution in [3.8, 4) is 5.75 Å². The van der Waals surface area contributed by atoms with Crippen molar-refractivity contribution in [2.75, 3.05) is 12.9 Å². The van der Waals surface area contributed by atoms with Gasteiger partial charge in [-0.1, -0.05) is 18.0 Å². The Labute approximate surface area is 117 Å². The molecule has 1 fully saturated rings. The summed E-state index contributed by atoms with van der Waals surface area (Å²) in [5.41, 5.74) is 0.330. The van der Waals surface area contributed by atoms with Crippen LogP contribution in [0.3, 0.4) is 0 Å². The van der Waals surface area contributed by atoms with Crippen LogP contribution in [0.25, 0.3) is 0 Å². The first-order valence-corrected chi connectivity index (χ1v) is 8.14. The zero-order valence-electron chi connectivity index (χ0n) is 10.6. The van der Waals surface area contributed by atoms with Crippen molar-refractivity contribution in [2.45, 2.75) is 24.5 Å². The van der Waals surface area contributed by atoms with Gasteiger partial charge in [-0.3, -0.25) is 4.79 Å². The fourth-order valence-electron chi connectivity index (χ4n) is 2.25. The highest BCUT2D eigenvalue weighted by molar-refractivity contribution is 7.92. The number of ether oxygens (including phenoxy) is 1. The summed E-state index contributed by atoms with van der Waals surface area (Å²) in [6.45, 7) is 0. The summed E-state index contributed by atoms with van der Waals surface area (Å²) in [5, 5.41) is -0.530. The fourth-order valence-corrected chi connectivity index (χ4v) is 4.32. The SMILES string of the molecule is COc1cc(C(=O)C2CCCCS2(=O)=O)ccc1Cl. The Kier molecular flexibility index (Phi) is 4.16. The predicted octanol–water partition coefficient (Wildman–Crippen LogP) is 2.50. The summed E-state index contributed by atoms with van der Waals surface area (Å²) in [7, 11) is -1.87. The van der Waals surface area contributed by atoms with E-state index in [9.17, 15) is 13.2 Å². The van der Waals surface area contributed by atoms with Crippen LogP contribution in [0.15, 0.2) is 18.2 Å². The number of Topliss-reactive ketones (excluding diaryl/α,β-unsaturated/α-hetero) is 1. The molecule has 104 valence electrons. The number of halogens is 1. The van der Waals surface area contributed by atoms with Crippen molar-refractivity contribution in [1.29, 1.82) is 0 Å². The zero-order valence-corrected chi connectivity index (χ0v) is 12.1. The van der Waals surface area contributed by atoms with Crippen LogP contribution in [0.5, 0.6) is 5.75 Å². The lowest BCUT2D eigenvalue weighted by Crippen LogP contribution is -2.35. The molecule has 0 amide bonds. The maximum absolute atomic E-state index is 12.3. The first kappa shape index (κ1) is 14.3. The maximum atomic E-state index is 12.3. The monoisotopic (exact) mass is 302 g/mol. The van der Waals surface area contributed by atoms with E-state index in [-0.39, 0.29) is 11.5 Å². The molecule has 6 heteroatoms. The Balaban J connectivity index is 2.34. The summed E-state index contributed by atoms with van der Waals surface area (Å²) in [5.74, 6) is 0.101. The summed E-state index contributed by atoms with van der Waals surface area (Å²) in [6.07, 6.45) is 1.79. The quantitative estimate of drug-likeness (QED) is 0.805. The first-order chi connectivity index (χ1) is 8.95. The van der Waals surface area contributed by atoms with E-state index in [1.807, 2.05) is 0 Å². The molecule has 1 heterocycles. The molecular weight excluding hydrogens is 288 g/mol. The molecule has 1 aliphatic heterocycles. The highest BCUT2D eigenvalue weighted by Gasteiger charge is 2.35. The number of hydrogen-bond donors (Lipinski definition) is 0. The third kappa shape index (κ3) is 2.92. The summed E-state index contributed by atoms with van der Waals surface area (Å²) >= 11 is 5.89. The Bertz CT molecular complexity index is 595. The van der Waals surface area contributed by atoms with E-state index in [1.165, 1.54) is 19.2 Å². The van der Waals surface area contributed by atoms with E-state index >= 15 is 0 Å². The van der Waals surface area contributed by atoms with Crippen molar-refractivity contribution in [2.24, 2.45) is 0 Å². The van der Waals surface area contributed by atoms with Crippen molar-refractivity contribution >= 4 is 27.2 Å². The van der Waals surface area contributed by atoms with Crippen LogP contribution < -0.4 is 4.74 Å². The van der Waals surface area contributed by atoms with Crippen LogP contribution in [0.4, 0.5) is 0 Å². The zero-order chi connectivity index (χ0) is 14.0. The van der Waals surface area contributed by atoms with Gasteiger partial charge in [0.05, 0.1) is 17.9 Å². The van der Waals surface area contributed by atoms with Gasteiger partial charge in [0.1, 0.15) is 11.0 Å². The number of hydrogen-bond acceptors (Lipinski definition) is 4. The van der Waals surface area contributed by atoms with Crippen LogP contribution in [0.1, 0.15) is 29.6 Å². The Hall–Kier alpha value is -1.07. The van der Waals surface area contributed by atoms with Gasteiger partial charge in [0.2, 0.25) is 0 Å². The van der Waals surface area contributed by atoms with Gasteiger partial charge in [0, 0.05) is 5.56 Å². The van der Waals surface area contributed by atoms with Crippen LogP contribution in [0.2, 0.25) is 5.02 Å². The number of rotatable bonds is 3. The lowest BCUT2D eigenvalue weighted by atomic mass is 10.0. The van der Waals surface area contributed by atoms with Gasteiger partial charge >= 0.3 is 0 Å². The van der Waals surface area contributed by atoms with Gasteiger partial charge in [0.15, 0.2) is 15.6 Å². The Morgan fingerprint density at radius 1 is 1.37 bits per heavy atom. The normalized spacial score (nSPS) is 21.9. The third-order valence-electron chi connectivity index (χ3n) is 3.31. The molecule has 1 aromatic rings. The molecular formula is C13H15ClO4S. The molecule has 1 saturated heterocycles. The Morgan fingerprint density at radius 3 is 2.74 bits per heavy atom. The number of ketones is 1. The van der Waals surface area contributed by atoms with Gasteiger partial charge in [-0.2, -0.15) is 0 Å². The summed E-state index contributed by atoms with van der Waals surface area (Å²) in [6, 6.07) is 4.58. The van der Waals surface area contributed by atoms with Gasteiger partial charge < -0.3 is 4.74 Å². The second-order valence-corrected chi connectivity index (χ2v) is 7.28. The molecule has 0 bridgehead atoms. The molecule has 1 unspecified atom stereocenters. The first-order valence-electron chi connectivity index (χ1n) is 6.05. The average Bonchev–Trinajstić information content (AvgIpc) is 2.38. The van der Waals surface area contributed by atoms with Crippen LogP contribution >= 0.6 is 11.6 Å². The van der Waals surface area contributed by atoms with Crippen LogP contribution in [0, 0.1) is 0 Å². The number of methoxy groups -OCH3 is 1. The molecule has 0 aromatic heterocycles. The number of carbonyl (C=O) groups is 1. The lowest BCUT2D eigenvalue weighted by Gasteiger charge is -2.21. The van der Waals surface area contributed by atoms with E-state index in [4.69, 9.17) is 16.3 Å². The number of sulfone groups is 1. The highest BCUT2D eigenvalue weighted by atomic mass is 35.5.